The van der Waals surface area contributed by atoms with Crippen LogP contribution in [0, 0.1) is 5.41 Å². The van der Waals surface area contributed by atoms with E-state index >= 15 is 0 Å². The molecule has 0 saturated carbocycles. The molecule has 0 unspecified atom stereocenters. The van der Waals surface area contributed by atoms with E-state index in [2.05, 4.69) is 4.98 Å². The fourth-order valence-corrected chi connectivity index (χ4v) is 4.63. The molecule has 0 aromatic carbocycles. The Labute approximate surface area is 162 Å². The molecule has 1 aromatic rings. The Hall–Kier alpha value is -2.05. The number of pyridine rings is 1. The molecule has 2 fully saturated rings. The third kappa shape index (κ3) is 4.01. The highest BCUT2D eigenvalue weighted by atomic mass is 32.2. The number of hydrogen-bond donors (Lipinski definition) is 0. The van der Waals surface area contributed by atoms with Crippen LogP contribution in [0.25, 0.3) is 0 Å². The normalized spacial score (nSPS) is 22.0. The second-order valence-corrected chi connectivity index (χ2v) is 9.40. The van der Waals surface area contributed by atoms with Crippen molar-refractivity contribution in [3.05, 3.63) is 23.9 Å². The van der Waals surface area contributed by atoms with Crippen molar-refractivity contribution in [1.29, 1.82) is 0 Å². The van der Waals surface area contributed by atoms with Crippen LogP contribution in [0.5, 0.6) is 0 Å². The number of alkyl halides is 6. The second kappa shape index (κ2) is 7.03. The predicted octanol–water partition coefficient (Wildman–Crippen LogP) is 2.27. The topological polar surface area (TPSA) is 70.6 Å². The Morgan fingerprint density at radius 1 is 1.00 bits per heavy atom. The van der Waals surface area contributed by atoms with Crippen molar-refractivity contribution < 1.29 is 39.6 Å². The van der Waals surface area contributed by atoms with E-state index in [-0.39, 0.29) is 36.0 Å². The van der Waals surface area contributed by atoms with Crippen molar-refractivity contribution in [3.63, 3.8) is 0 Å². The molecule has 3 rings (SSSR count). The van der Waals surface area contributed by atoms with E-state index in [9.17, 15) is 39.6 Å². The van der Waals surface area contributed by atoms with Crippen LogP contribution in [-0.4, -0.2) is 74.2 Å². The second-order valence-electron chi connectivity index (χ2n) is 7.10. The van der Waals surface area contributed by atoms with E-state index in [4.69, 9.17) is 0 Å². The summed E-state index contributed by atoms with van der Waals surface area (Å²) < 4.78 is 102. The molecule has 2 saturated heterocycles. The molecule has 0 aliphatic carbocycles. The summed E-state index contributed by atoms with van der Waals surface area (Å²) in [6.07, 6.45) is -11.0. The molecule has 1 aromatic heterocycles. The van der Waals surface area contributed by atoms with Crippen molar-refractivity contribution in [2.24, 2.45) is 5.41 Å². The highest BCUT2D eigenvalue weighted by molar-refractivity contribution is 7.91. The lowest BCUT2D eigenvalue weighted by Gasteiger charge is -2.33. The Kier molecular flexibility index (Phi) is 5.25. The van der Waals surface area contributed by atoms with Crippen LogP contribution in [0.3, 0.4) is 0 Å². The highest BCUT2D eigenvalue weighted by Gasteiger charge is 2.72. The highest BCUT2D eigenvalue weighted by Crippen LogP contribution is 2.55. The fraction of sp³-hybridized carbons (Fsp3) is 0.625. The average molecular weight is 445 g/mol. The van der Waals surface area contributed by atoms with Gasteiger partial charge in [0.05, 0.1) is 17.1 Å². The largest absolute Gasteiger partial charge is 0.404 e. The molecule has 0 spiro atoms. The van der Waals surface area contributed by atoms with Gasteiger partial charge in [0.25, 0.3) is 5.91 Å². The first-order valence-corrected chi connectivity index (χ1v) is 10.4. The fourth-order valence-electron chi connectivity index (χ4n) is 3.43. The van der Waals surface area contributed by atoms with Gasteiger partial charge in [-0.25, -0.2) is 13.4 Å². The van der Waals surface area contributed by atoms with Gasteiger partial charge >= 0.3 is 12.4 Å². The van der Waals surface area contributed by atoms with Gasteiger partial charge in [0.15, 0.2) is 15.3 Å². The summed E-state index contributed by atoms with van der Waals surface area (Å²) in [5, 5.41) is 0. The lowest BCUT2D eigenvalue weighted by atomic mass is 9.85. The molecule has 1 amide bonds. The maximum atomic E-state index is 13.2. The maximum absolute atomic E-state index is 13.2. The third-order valence-corrected chi connectivity index (χ3v) is 6.91. The molecular weight excluding hydrogens is 428 g/mol. The minimum absolute atomic E-state index is 0.00866. The number of hydrogen-bond acceptors (Lipinski definition) is 5. The summed E-state index contributed by atoms with van der Waals surface area (Å²) >= 11 is 0. The molecule has 2 aliphatic heterocycles. The monoisotopic (exact) mass is 445 g/mol. The zero-order valence-electron chi connectivity index (χ0n) is 14.9. The van der Waals surface area contributed by atoms with E-state index in [1.165, 1.54) is 17.0 Å². The molecule has 6 nitrogen and oxygen atoms in total. The van der Waals surface area contributed by atoms with Gasteiger partial charge < -0.3 is 9.80 Å². The number of amides is 1. The zero-order valence-corrected chi connectivity index (χ0v) is 15.7. The van der Waals surface area contributed by atoms with Crippen LogP contribution in [0.15, 0.2) is 18.3 Å². The standard InChI is InChI=1S/C16H17F6N3O3S/c17-15(18,19)14(16(20,21)22)3-4-25(10-14)12-2-1-11(9-23-12)13(26)24-5-7-29(27,28)8-6-24/h1-2,9H,3-8,10H2. The van der Waals surface area contributed by atoms with E-state index in [1.54, 1.807) is 0 Å². The van der Waals surface area contributed by atoms with Crippen molar-refractivity contribution in [1.82, 2.24) is 9.88 Å². The van der Waals surface area contributed by atoms with E-state index < -0.39 is 53.0 Å². The van der Waals surface area contributed by atoms with E-state index in [0.29, 0.717) is 0 Å². The number of carbonyl (C=O) groups is 1. The van der Waals surface area contributed by atoms with E-state index in [0.717, 1.165) is 11.1 Å². The van der Waals surface area contributed by atoms with Crippen molar-refractivity contribution in [3.8, 4) is 0 Å². The summed E-state index contributed by atoms with van der Waals surface area (Å²) in [4.78, 5) is 18.5. The van der Waals surface area contributed by atoms with Crippen LogP contribution in [-0.2, 0) is 9.84 Å². The SMILES string of the molecule is O=C(c1ccc(N2CCC(C(F)(F)F)(C(F)(F)F)C2)nc1)N1CCS(=O)(=O)CC1. The molecule has 0 N–H and O–H groups in total. The van der Waals surface area contributed by atoms with Gasteiger partial charge in [-0.15, -0.1) is 0 Å². The van der Waals surface area contributed by atoms with Crippen LogP contribution in [0.2, 0.25) is 0 Å². The van der Waals surface area contributed by atoms with Crippen LogP contribution in [0.1, 0.15) is 16.8 Å². The molecule has 3 heterocycles. The maximum Gasteiger partial charge on any atom is 0.404 e. The van der Waals surface area contributed by atoms with Crippen molar-refractivity contribution >= 4 is 21.6 Å². The number of nitrogens with zero attached hydrogens (tertiary/aromatic N) is 3. The van der Waals surface area contributed by atoms with Gasteiger partial charge in [-0.2, -0.15) is 26.3 Å². The third-order valence-electron chi connectivity index (χ3n) is 5.30. The Morgan fingerprint density at radius 3 is 2.03 bits per heavy atom. The minimum atomic E-state index is -5.45. The number of anilines is 1. The summed E-state index contributed by atoms with van der Waals surface area (Å²) in [7, 11) is -3.18. The Morgan fingerprint density at radius 2 is 1.59 bits per heavy atom. The number of carbonyl (C=O) groups excluding carboxylic acids is 1. The summed E-state index contributed by atoms with van der Waals surface area (Å²) in [5.41, 5.74) is -3.75. The molecule has 13 heteroatoms. The zero-order chi connectivity index (χ0) is 21.7. The number of rotatable bonds is 2. The van der Waals surface area contributed by atoms with Crippen molar-refractivity contribution in [2.75, 3.05) is 42.6 Å². The lowest BCUT2D eigenvalue weighted by molar-refractivity contribution is -0.332. The molecular formula is C16H17F6N3O3S. The van der Waals surface area contributed by atoms with Gasteiger partial charge in [-0.3, -0.25) is 4.79 Å². The van der Waals surface area contributed by atoms with Gasteiger partial charge in [0.1, 0.15) is 5.82 Å². The van der Waals surface area contributed by atoms with Crippen LogP contribution in [0.4, 0.5) is 32.2 Å². The van der Waals surface area contributed by atoms with Gasteiger partial charge in [-0.05, 0) is 18.6 Å². The Bertz CT molecular complexity index is 855. The Balaban J connectivity index is 1.73. The quantitative estimate of drug-likeness (QED) is 0.654. The van der Waals surface area contributed by atoms with Gasteiger partial charge in [-0.1, -0.05) is 0 Å². The number of halogens is 6. The van der Waals surface area contributed by atoms with Crippen molar-refractivity contribution in [2.45, 2.75) is 18.8 Å². The molecule has 2 aliphatic rings. The predicted molar refractivity (Wildman–Crippen MR) is 90.2 cm³/mol. The first kappa shape index (κ1) is 21.7. The first-order valence-electron chi connectivity index (χ1n) is 8.60. The summed E-state index contributed by atoms with van der Waals surface area (Å²) in [6.45, 7) is -1.77. The molecule has 162 valence electrons. The van der Waals surface area contributed by atoms with Crippen LogP contribution >= 0.6 is 0 Å². The first-order chi connectivity index (χ1) is 13.3. The molecule has 0 atom stereocenters. The molecule has 0 bridgehead atoms. The average Bonchev–Trinajstić information content (AvgIpc) is 3.08. The number of aromatic nitrogens is 1. The summed E-state index contributed by atoms with van der Waals surface area (Å²) in [5.74, 6) is -0.942. The van der Waals surface area contributed by atoms with Gasteiger partial charge in [0, 0.05) is 32.4 Å². The van der Waals surface area contributed by atoms with E-state index in [1.807, 2.05) is 0 Å². The molecule has 29 heavy (non-hydrogen) atoms. The molecule has 0 radical (unpaired) electrons. The van der Waals surface area contributed by atoms with Gasteiger partial charge in [0.2, 0.25) is 0 Å². The minimum Gasteiger partial charge on any atom is -0.355 e. The smallest absolute Gasteiger partial charge is 0.355 e. The number of sulfone groups is 1. The lowest BCUT2D eigenvalue weighted by Crippen LogP contribution is -2.51. The van der Waals surface area contributed by atoms with Crippen LogP contribution < -0.4 is 4.90 Å². The summed E-state index contributed by atoms with van der Waals surface area (Å²) in [6, 6.07) is 2.45.